The maximum atomic E-state index is 13.6. The van der Waals surface area contributed by atoms with Crippen molar-refractivity contribution < 1.29 is 32.3 Å². The third kappa shape index (κ3) is 4.89. The van der Waals surface area contributed by atoms with Crippen molar-refractivity contribution in [3.63, 3.8) is 0 Å². The molecule has 2 aromatic heterocycles. The Labute approximate surface area is 230 Å². The highest BCUT2D eigenvalue weighted by atomic mass is 32.2. The predicted octanol–water partition coefficient (Wildman–Crippen LogP) is 3.70. The van der Waals surface area contributed by atoms with Crippen LogP contribution in [-0.2, 0) is 14.8 Å². The Morgan fingerprint density at radius 1 is 1.12 bits per heavy atom. The Morgan fingerprint density at radius 2 is 1.88 bits per heavy atom. The van der Waals surface area contributed by atoms with Gasteiger partial charge in [-0.2, -0.15) is 5.10 Å². The number of aromatic nitrogens is 3. The molecule has 0 radical (unpaired) electrons. The third-order valence-electron chi connectivity index (χ3n) is 7.23. The minimum atomic E-state index is -4.27. The van der Waals surface area contributed by atoms with Crippen LogP contribution in [0.2, 0.25) is 0 Å². The molecule has 212 valence electrons. The SMILES string of the molecule is COc1cc([C@@H]2COCCN2C)cc(OC)c1S(=O)(=O)Nc1noc2cc(Nc3cc(C4CC4)[nH]n3)c(O)cc12. The topological polar surface area (TPSA) is 164 Å². The van der Waals surface area contributed by atoms with Crippen LogP contribution in [0, 0.1) is 0 Å². The lowest BCUT2D eigenvalue weighted by atomic mass is 10.0. The Kier molecular flexibility index (Phi) is 6.68. The normalized spacial score (nSPS) is 18.1. The molecule has 4 N–H and O–H groups in total. The smallest absolute Gasteiger partial charge is 0.270 e. The van der Waals surface area contributed by atoms with E-state index in [1.165, 1.54) is 26.4 Å². The third-order valence-corrected chi connectivity index (χ3v) is 8.63. The number of nitrogens with one attached hydrogen (secondary N) is 3. The summed E-state index contributed by atoms with van der Waals surface area (Å²) in [6.45, 7) is 1.82. The number of aromatic hydroxyl groups is 1. The fourth-order valence-electron chi connectivity index (χ4n) is 4.86. The largest absolute Gasteiger partial charge is 0.506 e. The van der Waals surface area contributed by atoms with Crippen LogP contribution < -0.4 is 19.5 Å². The quantitative estimate of drug-likeness (QED) is 0.217. The van der Waals surface area contributed by atoms with Crippen LogP contribution in [0.25, 0.3) is 11.0 Å². The highest BCUT2D eigenvalue weighted by molar-refractivity contribution is 7.93. The van der Waals surface area contributed by atoms with E-state index in [1.54, 1.807) is 12.1 Å². The highest BCUT2D eigenvalue weighted by Gasteiger charge is 2.31. The number of rotatable bonds is 9. The number of H-pyrrole nitrogens is 1. The van der Waals surface area contributed by atoms with Gasteiger partial charge in [0.05, 0.1) is 44.5 Å². The van der Waals surface area contributed by atoms with Crippen molar-refractivity contribution >= 4 is 38.3 Å². The lowest BCUT2D eigenvalue weighted by Crippen LogP contribution is -2.36. The lowest BCUT2D eigenvalue weighted by molar-refractivity contribution is 0.00491. The van der Waals surface area contributed by atoms with Crippen LogP contribution in [0.15, 0.2) is 39.8 Å². The number of hydrogen-bond donors (Lipinski definition) is 4. The van der Waals surface area contributed by atoms with Gasteiger partial charge in [0.15, 0.2) is 22.1 Å². The van der Waals surface area contributed by atoms with E-state index in [1.807, 2.05) is 13.1 Å². The number of nitrogens with zero attached hydrogens (tertiary/aromatic N) is 3. The molecule has 2 aliphatic rings. The second-order valence-corrected chi connectivity index (χ2v) is 11.6. The summed E-state index contributed by atoms with van der Waals surface area (Å²) in [5.74, 6) is 1.03. The van der Waals surface area contributed by atoms with E-state index in [-0.39, 0.29) is 45.0 Å². The van der Waals surface area contributed by atoms with Crippen LogP contribution in [0.4, 0.5) is 17.3 Å². The molecule has 4 aromatic rings. The average Bonchev–Trinajstić information content (AvgIpc) is 3.58. The zero-order chi connectivity index (χ0) is 28.0. The number of fused-ring (bicyclic) bond motifs is 1. The van der Waals surface area contributed by atoms with Gasteiger partial charge < -0.3 is 29.2 Å². The molecule has 6 rings (SSSR count). The van der Waals surface area contributed by atoms with E-state index in [0.717, 1.165) is 30.6 Å². The number of anilines is 3. The zero-order valence-corrected chi connectivity index (χ0v) is 23.0. The molecule has 1 atom stereocenters. The fraction of sp³-hybridized carbons (Fsp3) is 0.385. The van der Waals surface area contributed by atoms with E-state index >= 15 is 0 Å². The zero-order valence-electron chi connectivity index (χ0n) is 22.2. The minimum absolute atomic E-state index is 0.0895. The molecule has 0 bridgehead atoms. The maximum absolute atomic E-state index is 13.6. The Bertz CT molecular complexity index is 1640. The number of benzene rings is 2. The summed E-state index contributed by atoms with van der Waals surface area (Å²) < 4.78 is 51.8. The molecule has 2 aromatic carbocycles. The van der Waals surface area contributed by atoms with Gasteiger partial charge in [-0.05, 0) is 43.7 Å². The molecule has 13 nitrogen and oxygen atoms in total. The van der Waals surface area contributed by atoms with Crippen molar-refractivity contribution in [2.24, 2.45) is 0 Å². The number of phenolic OH excluding ortho intramolecular Hbond substituents is 1. The summed E-state index contributed by atoms with van der Waals surface area (Å²) in [4.78, 5) is 1.93. The van der Waals surface area contributed by atoms with Crippen molar-refractivity contribution in [1.82, 2.24) is 20.3 Å². The van der Waals surface area contributed by atoms with E-state index in [9.17, 15) is 13.5 Å². The Balaban J connectivity index is 1.30. The molecule has 2 fully saturated rings. The first-order valence-corrected chi connectivity index (χ1v) is 14.3. The van der Waals surface area contributed by atoms with Crippen molar-refractivity contribution in [1.29, 1.82) is 0 Å². The monoisotopic (exact) mass is 570 g/mol. The lowest BCUT2D eigenvalue weighted by Gasteiger charge is -2.33. The van der Waals surface area contributed by atoms with Crippen LogP contribution >= 0.6 is 0 Å². The fourth-order valence-corrected chi connectivity index (χ4v) is 6.18. The molecule has 40 heavy (non-hydrogen) atoms. The van der Waals surface area contributed by atoms with Crippen LogP contribution in [-0.4, -0.2) is 74.8 Å². The van der Waals surface area contributed by atoms with Crippen molar-refractivity contribution in [3.05, 3.63) is 41.6 Å². The van der Waals surface area contributed by atoms with E-state index in [2.05, 4.69) is 30.3 Å². The van der Waals surface area contributed by atoms with Crippen molar-refractivity contribution in [3.8, 4) is 17.2 Å². The first-order chi connectivity index (χ1) is 19.3. The number of sulfonamides is 1. The molecule has 14 heteroatoms. The van der Waals surface area contributed by atoms with Crippen molar-refractivity contribution in [2.45, 2.75) is 29.7 Å². The van der Waals surface area contributed by atoms with Gasteiger partial charge in [-0.15, -0.1) is 0 Å². The predicted molar refractivity (Wildman–Crippen MR) is 146 cm³/mol. The number of methoxy groups -OCH3 is 2. The summed E-state index contributed by atoms with van der Waals surface area (Å²) in [5.41, 5.74) is 2.43. The highest BCUT2D eigenvalue weighted by Crippen LogP contribution is 2.42. The molecule has 1 saturated heterocycles. The summed E-state index contributed by atoms with van der Waals surface area (Å²) in [7, 11) is 0.491. The second kappa shape index (κ2) is 10.2. The van der Waals surface area contributed by atoms with Gasteiger partial charge in [-0.25, -0.2) is 8.42 Å². The molecule has 0 spiro atoms. The summed E-state index contributed by atoms with van der Waals surface area (Å²) in [6, 6.07) is 8.04. The second-order valence-electron chi connectivity index (χ2n) is 9.94. The standard InChI is InChI=1S/C26H30N6O7S/c1-32-6-7-38-13-19(32)15-8-22(36-2)25(23(9-15)37-3)40(34,35)31-26-16-10-20(33)18(11-21(16)39-30-26)27-24-12-17(28-29-24)14-4-5-14/h8-12,14,19,33H,4-7,13H2,1-3H3,(H,30,31)(H2,27,28,29)/t19-/m0/s1. The van der Waals surface area contributed by atoms with Gasteiger partial charge in [0, 0.05) is 30.3 Å². The van der Waals surface area contributed by atoms with Gasteiger partial charge in [0.1, 0.15) is 17.2 Å². The van der Waals surface area contributed by atoms with Gasteiger partial charge in [0.25, 0.3) is 10.0 Å². The number of likely N-dealkylation sites (N-methyl/N-ethyl adjacent to an activating group) is 1. The molecule has 0 amide bonds. The Morgan fingerprint density at radius 3 is 2.55 bits per heavy atom. The van der Waals surface area contributed by atoms with E-state index < -0.39 is 10.0 Å². The van der Waals surface area contributed by atoms with Crippen LogP contribution in [0.5, 0.6) is 17.2 Å². The Hall–Kier alpha value is -4.01. The van der Waals surface area contributed by atoms with Crippen molar-refractivity contribution in [2.75, 3.05) is 51.1 Å². The van der Waals surface area contributed by atoms with E-state index in [0.29, 0.717) is 30.6 Å². The average molecular weight is 571 g/mol. The first kappa shape index (κ1) is 26.2. The maximum Gasteiger partial charge on any atom is 0.270 e. The van der Waals surface area contributed by atoms with Gasteiger partial charge in [-0.1, -0.05) is 5.16 Å². The van der Waals surface area contributed by atoms with Gasteiger partial charge >= 0.3 is 0 Å². The molecule has 1 aliphatic carbocycles. The summed E-state index contributed by atoms with van der Waals surface area (Å²) in [5, 5.41) is 25.2. The molecule has 1 aliphatic heterocycles. The number of phenols is 1. The number of ether oxygens (including phenoxy) is 3. The number of aromatic amines is 1. The minimum Gasteiger partial charge on any atom is -0.506 e. The van der Waals surface area contributed by atoms with Crippen LogP contribution in [0.3, 0.4) is 0 Å². The molecule has 0 unspecified atom stereocenters. The molecule has 3 heterocycles. The van der Waals surface area contributed by atoms with Gasteiger partial charge in [0.2, 0.25) is 0 Å². The van der Waals surface area contributed by atoms with Gasteiger partial charge in [-0.3, -0.25) is 14.7 Å². The molecule has 1 saturated carbocycles. The molecular weight excluding hydrogens is 540 g/mol. The van der Waals surface area contributed by atoms with E-state index in [4.69, 9.17) is 18.7 Å². The molecular formula is C26H30N6O7S. The number of morpholine rings is 1. The van der Waals surface area contributed by atoms with Crippen LogP contribution in [0.1, 0.15) is 36.1 Å². The summed E-state index contributed by atoms with van der Waals surface area (Å²) in [6.07, 6.45) is 2.26. The summed E-state index contributed by atoms with van der Waals surface area (Å²) >= 11 is 0. The number of hydrogen-bond acceptors (Lipinski definition) is 11. The first-order valence-electron chi connectivity index (χ1n) is 12.8.